The highest BCUT2D eigenvalue weighted by molar-refractivity contribution is 5.90. The van der Waals surface area contributed by atoms with Gasteiger partial charge in [-0.15, -0.1) is 0 Å². The van der Waals surface area contributed by atoms with Crippen LogP contribution in [0.25, 0.3) is 4.85 Å². The molecule has 2 amide bonds. The van der Waals surface area contributed by atoms with Gasteiger partial charge in [0.2, 0.25) is 5.69 Å². The van der Waals surface area contributed by atoms with E-state index in [1.807, 2.05) is 0 Å². The zero-order valence-electron chi connectivity index (χ0n) is 18.0. The van der Waals surface area contributed by atoms with Crippen molar-refractivity contribution in [2.75, 3.05) is 25.1 Å². The molecule has 0 fully saturated rings. The van der Waals surface area contributed by atoms with Crippen LogP contribution in [-0.2, 0) is 30.2 Å². The Morgan fingerprint density at radius 3 is 2.91 bits per heavy atom. The Bertz CT molecular complexity index is 1110. The van der Waals surface area contributed by atoms with E-state index in [0.29, 0.717) is 5.69 Å². The molecule has 4 rings (SSSR count). The molecule has 2 aliphatic rings. The first-order chi connectivity index (χ1) is 16.2. The molecule has 2 aromatic rings. The molecule has 1 N–H and O–H groups in total. The first kappa shape index (κ1) is 23.9. The van der Waals surface area contributed by atoms with Crippen molar-refractivity contribution in [3.05, 3.63) is 52.4 Å². The third kappa shape index (κ3) is 4.99. The molecule has 0 bridgehead atoms. The number of carbonyl (C=O) groups is 1. The standard InChI is InChI=1S/C22H22F5N5O2/c1-28-18-8-14(2-3-16(18)23)29-21(33)31-7-5-17-15(10-31)20-22(26,27)6-4-13(9-32(20)30-17)11-34-12-19(24)25/h2-3,8,13,19H,4-7,9-12H2,(H,29,33)/t13-/m1/s1. The Morgan fingerprint density at radius 1 is 1.38 bits per heavy atom. The molecule has 3 heterocycles. The summed E-state index contributed by atoms with van der Waals surface area (Å²) in [6.45, 7) is 6.43. The molecule has 0 radical (unpaired) electrons. The van der Waals surface area contributed by atoms with Crippen LogP contribution in [0.1, 0.15) is 29.8 Å². The average molecular weight is 483 g/mol. The molecule has 1 aromatic heterocycles. The van der Waals surface area contributed by atoms with E-state index in [2.05, 4.69) is 15.3 Å². The van der Waals surface area contributed by atoms with Crippen molar-refractivity contribution in [3.63, 3.8) is 0 Å². The van der Waals surface area contributed by atoms with E-state index in [1.54, 1.807) is 0 Å². The van der Waals surface area contributed by atoms with Gasteiger partial charge in [0, 0.05) is 43.1 Å². The predicted molar refractivity (Wildman–Crippen MR) is 111 cm³/mol. The Hall–Kier alpha value is -3.20. The van der Waals surface area contributed by atoms with Crippen LogP contribution in [0.4, 0.5) is 38.1 Å². The number of halogens is 5. The van der Waals surface area contributed by atoms with Gasteiger partial charge in [-0.2, -0.15) is 13.9 Å². The molecule has 0 saturated heterocycles. The molecule has 182 valence electrons. The van der Waals surface area contributed by atoms with Crippen LogP contribution in [0.15, 0.2) is 18.2 Å². The van der Waals surface area contributed by atoms with Gasteiger partial charge < -0.3 is 15.0 Å². The van der Waals surface area contributed by atoms with Gasteiger partial charge in [0.15, 0.2) is 0 Å². The van der Waals surface area contributed by atoms with E-state index < -0.39 is 37.2 Å². The Morgan fingerprint density at radius 2 is 2.18 bits per heavy atom. The Kier molecular flexibility index (Phi) is 6.74. The summed E-state index contributed by atoms with van der Waals surface area (Å²) in [7, 11) is 0. The van der Waals surface area contributed by atoms with E-state index in [9.17, 15) is 18.0 Å². The predicted octanol–water partition coefficient (Wildman–Crippen LogP) is 4.95. The number of anilines is 1. The lowest BCUT2D eigenvalue weighted by atomic mass is 9.98. The fourth-order valence-electron chi connectivity index (χ4n) is 4.32. The zero-order chi connectivity index (χ0) is 24.5. The molecule has 0 spiro atoms. The van der Waals surface area contributed by atoms with Crippen molar-refractivity contribution in [2.45, 2.75) is 44.7 Å². The SMILES string of the molecule is [C-]#[N+]c1cc(NC(=O)N2CCc3nn4c(c3C2)C(F)(F)CC[C@@H](COCC(F)F)C4)ccc1F. The molecular formula is C22H22F5N5O2. The number of fused-ring (bicyclic) bond motifs is 3. The highest BCUT2D eigenvalue weighted by Crippen LogP contribution is 2.41. The first-order valence-corrected chi connectivity index (χ1v) is 10.7. The number of aromatic nitrogens is 2. The number of amides is 2. The number of benzene rings is 1. The summed E-state index contributed by atoms with van der Waals surface area (Å²) in [4.78, 5) is 17.2. The largest absolute Gasteiger partial charge is 0.375 e. The summed E-state index contributed by atoms with van der Waals surface area (Å²) in [5, 5.41) is 6.92. The number of rotatable bonds is 5. The van der Waals surface area contributed by atoms with Gasteiger partial charge in [-0.05, 0) is 24.6 Å². The minimum atomic E-state index is -3.20. The lowest BCUT2D eigenvalue weighted by Gasteiger charge is -2.28. The number of hydrogen-bond acceptors (Lipinski definition) is 3. The monoisotopic (exact) mass is 483 g/mol. The van der Waals surface area contributed by atoms with Crippen LogP contribution in [0.3, 0.4) is 0 Å². The van der Waals surface area contributed by atoms with Gasteiger partial charge in [-0.1, -0.05) is 0 Å². The number of ether oxygens (including phenoxy) is 1. The maximum absolute atomic E-state index is 15.1. The summed E-state index contributed by atoms with van der Waals surface area (Å²) in [6.07, 6.45) is -2.75. The summed E-state index contributed by atoms with van der Waals surface area (Å²) in [5.74, 6) is -4.29. The maximum Gasteiger partial charge on any atom is 0.322 e. The second-order valence-electron chi connectivity index (χ2n) is 8.37. The molecule has 1 atom stereocenters. The number of alkyl halides is 4. The van der Waals surface area contributed by atoms with Crippen molar-refractivity contribution >= 4 is 17.4 Å². The molecule has 0 saturated carbocycles. The normalized spacial score (nSPS) is 19.2. The Balaban J connectivity index is 1.51. The second-order valence-corrected chi connectivity index (χ2v) is 8.37. The topological polar surface area (TPSA) is 63.8 Å². The fraction of sp³-hybridized carbons (Fsp3) is 0.500. The minimum absolute atomic E-state index is 0.0663. The van der Waals surface area contributed by atoms with Gasteiger partial charge >= 0.3 is 6.03 Å². The van der Waals surface area contributed by atoms with Gasteiger partial charge in [0.05, 0.1) is 25.4 Å². The van der Waals surface area contributed by atoms with Gasteiger partial charge in [0.25, 0.3) is 12.3 Å². The summed E-state index contributed by atoms with van der Waals surface area (Å²) < 4.78 is 74.6. The zero-order valence-corrected chi connectivity index (χ0v) is 18.0. The highest BCUT2D eigenvalue weighted by Gasteiger charge is 2.43. The summed E-state index contributed by atoms with van der Waals surface area (Å²) in [6, 6.07) is 3.01. The van der Waals surface area contributed by atoms with E-state index in [4.69, 9.17) is 11.3 Å². The molecular weight excluding hydrogens is 461 g/mol. The molecule has 12 heteroatoms. The lowest BCUT2D eigenvalue weighted by Crippen LogP contribution is -2.39. The quantitative estimate of drug-likeness (QED) is 0.484. The molecule has 0 unspecified atom stereocenters. The van der Waals surface area contributed by atoms with E-state index in [-0.39, 0.29) is 67.6 Å². The molecule has 1 aromatic carbocycles. The lowest BCUT2D eigenvalue weighted by molar-refractivity contribution is -0.0273. The van der Waals surface area contributed by atoms with Crippen molar-refractivity contribution < 1.29 is 31.5 Å². The number of nitrogens with one attached hydrogen (secondary N) is 1. The third-order valence-corrected chi connectivity index (χ3v) is 5.95. The van der Waals surface area contributed by atoms with E-state index in [1.165, 1.54) is 21.7 Å². The van der Waals surface area contributed by atoms with Crippen LogP contribution in [0.2, 0.25) is 0 Å². The van der Waals surface area contributed by atoms with Gasteiger partial charge in [0.1, 0.15) is 18.1 Å². The van der Waals surface area contributed by atoms with E-state index >= 15 is 8.78 Å². The smallest absolute Gasteiger partial charge is 0.322 e. The molecule has 7 nitrogen and oxygen atoms in total. The molecule has 2 aliphatic heterocycles. The third-order valence-electron chi connectivity index (χ3n) is 5.95. The van der Waals surface area contributed by atoms with Crippen LogP contribution in [0.5, 0.6) is 0 Å². The average Bonchev–Trinajstić information content (AvgIpc) is 3.10. The first-order valence-electron chi connectivity index (χ1n) is 10.7. The molecule has 0 aliphatic carbocycles. The number of hydrogen-bond donors (Lipinski definition) is 1. The van der Waals surface area contributed by atoms with Crippen LogP contribution in [-0.4, -0.2) is 46.9 Å². The number of carbonyl (C=O) groups excluding carboxylic acids is 1. The Labute approximate surface area is 192 Å². The molecule has 34 heavy (non-hydrogen) atoms. The summed E-state index contributed by atoms with van der Waals surface area (Å²) >= 11 is 0. The van der Waals surface area contributed by atoms with Gasteiger partial charge in [-0.25, -0.2) is 22.8 Å². The van der Waals surface area contributed by atoms with Crippen molar-refractivity contribution in [1.82, 2.24) is 14.7 Å². The van der Waals surface area contributed by atoms with Crippen LogP contribution in [0, 0.1) is 18.3 Å². The summed E-state index contributed by atoms with van der Waals surface area (Å²) in [5.41, 5.74) is 0.473. The maximum atomic E-state index is 15.1. The second kappa shape index (κ2) is 9.58. The van der Waals surface area contributed by atoms with Crippen LogP contribution >= 0.6 is 0 Å². The van der Waals surface area contributed by atoms with Crippen molar-refractivity contribution in [3.8, 4) is 0 Å². The van der Waals surface area contributed by atoms with Gasteiger partial charge in [-0.3, -0.25) is 4.68 Å². The van der Waals surface area contributed by atoms with Crippen molar-refractivity contribution in [1.29, 1.82) is 0 Å². The fourth-order valence-corrected chi connectivity index (χ4v) is 4.32. The number of nitrogens with zero attached hydrogens (tertiary/aromatic N) is 4. The minimum Gasteiger partial charge on any atom is -0.375 e. The van der Waals surface area contributed by atoms with Crippen LogP contribution < -0.4 is 5.32 Å². The van der Waals surface area contributed by atoms with Crippen molar-refractivity contribution in [2.24, 2.45) is 5.92 Å². The number of urea groups is 1. The highest BCUT2D eigenvalue weighted by atomic mass is 19.3. The van der Waals surface area contributed by atoms with E-state index in [0.717, 1.165) is 6.07 Å².